The Morgan fingerprint density at radius 2 is 2.00 bits per heavy atom. The van der Waals surface area contributed by atoms with Crippen LogP contribution in [0.25, 0.3) is 0 Å². The maximum Gasteiger partial charge on any atom is 0.319 e. The van der Waals surface area contributed by atoms with E-state index in [0.29, 0.717) is 17.7 Å². The first-order valence-electron chi connectivity index (χ1n) is 5.45. The van der Waals surface area contributed by atoms with Crippen molar-refractivity contribution in [2.24, 2.45) is 0 Å². The van der Waals surface area contributed by atoms with Gasteiger partial charge >= 0.3 is 5.97 Å². The van der Waals surface area contributed by atoms with E-state index >= 15 is 0 Å². The zero-order chi connectivity index (χ0) is 12.8. The van der Waals surface area contributed by atoms with E-state index < -0.39 is 27.8 Å². The highest BCUT2D eigenvalue weighted by atomic mass is 32.2. The predicted molar refractivity (Wildman–Crippen MR) is 63.8 cm³/mol. The molecule has 1 aromatic carbocycles. The van der Waals surface area contributed by atoms with E-state index in [1.165, 1.54) is 24.3 Å². The number of rotatable bonds is 6. The molecule has 0 aliphatic rings. The summed E-state index contributed by atoms with van der Waals surface area (Å²) in [6.45, 7) is 1.94. The summed E-state index contributed by atoms with van der Waals surface area (Å²) in [5.41, 5.74) is 0. The van der Waals surface area contributed by atoms with Crippen molar-refractivity contribution < 1.29 is 18.5 Å². The van der Waals surface area contributed by atoms with E-state index in [1.54, 1.807) is 0 Å². The predicted octanol–water partition coefficient (Wildman–Crippen LogP) is 2.58. The van der Waals surface area contributed by atoms with Crippen molar-refractivity contribution in [1.29, 1.82) is 0 Å². The molecular weight excluding hydrogens is 243 g/mol. The second-order valence-corrected chi connectivity index (χ2v) is 5.36. The number of carboxylic acid groups (broad SMARTS) is 1. The molecule has 2 unspecified atom stereocenters. The number of hydrogen-bond acceptors (Lipinski definition) is 2. The first-order chi connectivity index (χ1) is 8.06. The molecule has 0 bridgehead atoms. The third-order valence-corrected chi connectivity index (χ3v) is 4.09. The smallest absolute Gasteiger partial charge is 0.319 e. The Balaban J connectivity index is 2.84. The first kappa shape index (κ1) is 13.8. The molecule has 0 aliphatic carbocycles. The minimum atomic E-state index is -1.63. The van der Waals surface area contributed by atoms with Crippen LogP contribution >= 0.6 is 0 Å². The van der Waals surface area contributed by atoms with Crippen LogP contribution in [0.4, 0.5) is 4.39 Å². The molecule has 0 radical (unpaired) electrons. The number of hydrogen-bond donors (Lipinski definition) is 1. The quantitative estimate of drug-likeness (QED) is 0.853. The zero-order valence-corrected chi connectivity index (χ0v) is 10.4. The second kappa shape index (κ2) is 6.49. The van der Waals surface area contributed by atoms with Crippen LogP contribution in [0.15, 0.2) is 29.2 Å². The molecule has 0 spiro atoms. The van der Waals surface area contributed by atoms with E-state index in [-0.39, 0.29) is 0 Å². The normalized spacial score (nSPS) is 14.2. The van der Waals surface area contributed by atoms with E-state index in [4.69, 9.17) is 5.11 Å². The molecule has 1 N–H and O–H groups in total. The van der Waals surface area contributed by atoms with Gasteiger partial charge < -0.3 is 5.11 Å². The molecule has 0 amide bonds. The summed E-state index contributed by atoms with van der Waals surface area (Å²) in [5, 5.41) is 8.10. The third-order valence-electron chi connectivity index (χ3n) is 2.40. The Kier molecular flexibility index (Phi) is 5.28. The van der Waals surface area contributed by atoms with E-state index in [0.717, 1.165) is 6.42 Å². The molecule has 2 atom stereocenters. The Hall–Kier alpha value is -1.23. The highest BCUT2D eigenvalue weighted by Gasteiger charge is 2.25. The number of benzene rings is 1. The second-order valence-electron chi connectivity index (χ2n) is 3.72. The van der Waals surface area contributed by atoms with Gasteiger partial charge in [0.2, 0.25) is 0 Å². The first-order valence-corrected chi connectivity index (χ1v) is 6.66. The molecule has 0 heterocycles. The van der Waals surface area contributed by atoms with Gasteiger partial charge in [0.25, 0.3) is 0 Å². The lowest BCUT2D eigenvalue weighted by Gasteiger charge is -2.11. The molecule has 0 fully saturated rings. The number of carboxylic acids is 1. The van der Waals surface area contributed by atoms with Crippen molar-refractivity contribution >= 4 is 16.8 Å². The highest BCUT2D eigenvalue weighted by Crippen LogP contribution is 2.16. The molecular formula is C12H15FO3S. The van der Waals surface area contributed by atoms with Gasteiger partial charge in [-0.05, 0) is 30.7 Å². The summed E-state index contributed by atoms with van der Waals surface area (Å²) in [6, 6.07) is 5.11. The molecule has 0 aliphatic heterocycles. The summed E-state index contributed by atoms with van der Waals surface area (Å²) in [4.78, 5) is 11.4. The maximum atomic E-state index is 12.7. The Labute approximate surface area is 102 Å². The van der Waals surface area contributed by atoms with Gasteiger partial charge in [0.05, 0.1) is 10.8 Å². The molecule has 17 heavy (non-hydrogen) atoms. The van der Waals surface area contributed by atoms with Crippen molar-refractivity contribution in [1.82, 2.24) is 0 Å². The van der Waals surface area contributed by atoms with Crippen LogP contribution in [-0.2, 0) is 15.6 Å². The van der Waals surface area contributed by atoms with Crippen LogP contribution in [0.2, 0.25) is 0 Å². The van der Waals surface area contributed by atoms with Crippen LogP contribution in [0.3, 0.4) is 0 Å². The van der Waals surface area contributed by atoms with E-state index in [9.17, 15) is 13.4 Å². The molecule has 0 saturated carbocycles. The lowest BCUT2D eigenvalue weighted by molar-refractivity contribution is -0.136. The Morgan fingerprint density at radius 1 is 1.41 bits per heavy atom. The fourth-order valence-corrected chi connectivity index (χ4v) is 2.74. The monoisotopic (exact) mass is 258 g/mol. The average Bonchev–Trinajstić information content (AvgIpc) is 2.29. The van der Waals surface area contributed by atoms with Gasteiger partial charge in [0.1, 0.15) is 11.1 Å². The number of halogens is 1. The summed E-state index contributed by atoms with van der Waals surface area (Å²) in [7, 11) is -1.63. The average molecular weight is 258 g/mol. The van der Waals surface area contributed by atoms with Gasteiger partial charge in [0, 0.05) is 4.90 Å². The minimum Gasteiger partial charge on any atom is -0.480 e. The van der Waals surface area contributed by atoms with E-state index in [1.807, 2.05) is 6.92 Å². The summed E-state index contributed by atoms with van der Waals surface area (Å²) in [5.74, 6) is -1.49. The molecule has 1 aromatic rings. The van der Waals surface area contributed by atoms with Gasteiger partial charge in [-0.1, -0.05) is 19.8 Å². The SMILES string of the molecule is CCCCC(C(=O)O)S(=O)c1ccc(F)cc1. The van der Waals surface area contributed by atoms with Crippen molar-refractivity contribution in [3.05, 3.63) is 30.1 Å². The molecule has 5 heteroatoms. The van der Waals surface area contributed by atoms with Crippen LogP contribution in [-0.4, -0.2) is 20.5 Å². The van der Waals surface area contributed by atoms with Crippen LogP contribution in [0.5, 0.6) is 0 Å². The van der Waals surface area contributed by atoms with Gasteiger partial charge in [-0.25, -0.2) is 4.39 Å². The van der Waals surface area contributed by atoms with Crippen molar-refractivity contribution in [2.75, 3.05) is 0 Å². The van der Waals surface area contributed by atoms with Gasteiger partial charge in [-0.2, -0.15) is 0 Å². The molecule has 1 rings (SSSR count). The summed E-state index contributed by atoms with van der Waals surface area (Å²) in [6.07, 6.45) is 1.93. The third kappa shape index (κ3) is 3.93. The van der Waals surface area contributed by atoms with Crippen molar-refractivity contribution in [3.8, 4) is 0 Å². The van der Waals surface area contributed by atoms with Gasteiger partial charge in [0.15, 0.2) is 0 Å². The van der Waals surface area contributed by atoms with Crippen LogP contribution < -0.4 is 0 Å². The number of aliphatic carboxylic acids is 1. The fraction of sp³-hybridized carbons (Fsp3) is 0.417. The topological polar surface area (TPSA) is 54.4 Å². The Bertz CT molecular complexity index is 403. The fourth-order valence-electron chi connectivity index (χ4n) is 1.44. The van der Waals surface area contributed by atoms with E-state index in [2.05, 4.69) is 0 Å². The van der Waals surface area contributed by atoms with Crippen LogP contribution in [0, 0.1) is 5.82 Å². The number of carbonyl (C=O) groups is 1. The van der Waals surface area contributed by atoms with Crippen LogP contribution in [0.1, 0.15) is 26.2 Å². The van der Waals surface area contributed by atoms with Crippen molar-refractivity contribution in [2.45, 2.75) is 36.3 Å². The lowest BCUT2D eigenvalue weighted by atomic mass is 10.2. The molecule has 94 valence electrons. The van der Waals surface area contributed by atoms with Gasteiger partial charge in [-0.3, -0.25) is 9.00 Å². The largest absolute Gasteiger partial charge is 0.480 e. The van der Waals surface area contributed by atoms with Gasteiger partial charge in [-0.15, -0.1) is 0 Å². The summed E-state index contributed by atoms with van der Waals surface area (Å²) >= 11 is 0. The summed E-state index contributed by atoms with van der Waals surface area (Å²) < 4.78 is 24.7. The highest BCUT2D eigenvalue weighted by molar-refractivity contribution is 7.86. The number of unbranched alkanes of at least 4 members (excludes halogenated alkanes) is 1. The Morgan fingerprint density at radius 3 is 2.47 bits per heavy atom. The minimum absolute atomic E-state index is 0.356. The zero-order valence-electron chi connectivity index (χ0n) is 9.56. The molecule has 0 saturated heterocycles. The standard InChI is InChI=1S/C12H15FO3S/c1-2-3-4-11(12(14)15)17(16)10-7-5-9(13)6-8-10/h5-8,11H,2-4H2,1H3,(H,14,15). The maximum absolute atomic E-state index is 12.7. The molecule has 0 aromatic heterocycles. The van der Waals surface area contributed by atoms with Crippen molar-refractivity contribution in [3.63, 3.8) is 0 Å². The molecule has 3 nitrogen and oxygen atoms in total. The lowest BCUT2D eigenvalue weighted by Crippen LogP contribution is -2.25.